The SMILES string of the molecule is CCN=COOCCSCSCSCCOC(=O)NCCSCSCSCCN=COOCCCO. The number of ether oxygens (including phenoxy) is 1. The third kappa shape index (κ3) is 32.2. The molecule has 0 aromatic rings. The van der Waals surface area contributed by atoms with E-state index in [-0.39, 0.29) is 12.7 Å². The zero-order valence-electron chi connectivity index (χ0n) is 20.7. The number of hydrogen-bond acceptors (Lipinski definition) is 15. The normalized spacial score (nSPS) is 11.4. The number of amides is 1. The van der Waals surface area contributed by atoms with Gasteiger partial charge in [-0.2, -0.15) is 9.78 Å². The molecule has 0 saturated carbocycles. The van der Waals surface area contributed by atoms with E-state index in [4.69, 9.17) is 29.4 Å². The molecule has 10 nitrogen and oxygen atoms in total. The van der Waals surface area contributed by atoms with E-state index in [9.17, 15) is 4.79 Å². The minimum atomic E-state index is -0.350. The minimum absolute atomic E-state index is 0.0846. The monoisotopic (exact) mass is 625 g/mol. The number of aliphatic hydroxyl groups excluding tert-OH is 1. The average molecular weight is 626 g/mol. The molecule has 0 saturated heterocycles. The summed E-state index contributed by atoms with van der Waals surface area (Å²) in [7, 11) is 0. The van der Waals surface area contributed by atoms with Gasteiger partial charge in [-0.15, -0.1) is 70.6 Å². The van der Waals surface area contributed by atoms with Gasteiger partial charge in [-0.1, -0.05) is 0 Å². The third-order valence-electron chi connectivity index (χ3n) is 3.26. The van der Waals surface area contributed by atoms with Crippen LogP contribution in [0, 0.1) is 0 Å². The Morgan fingerprint density at radius 3 is 2.11 bits per heavy atom. The molecule has 0 aromatic carbocycles. The van der Waals surface area contributed by atoms with Gasteiger partial charge in [-0.3, -0.25) is 9.98 Å². The molecule has 2 N–H and O–H groups in total. The number of nitrogens with zero attached hydrogens (tertiary/aromatic N) is 2. The van der Waals surface area contributed by atoms with Gasteiger partial charge in [-0.25, -0.2) is 4.79 Å². The van der Waals surface area contributed by atoms with Crippen LogP contribution in [0.3, 0.4) is 0 Å². The van der Waals surface area contributed by atoms with Gasteiger partial charge >= 0.3 is 6.09 Å². The van der Waals surface area contributed by atoms with Crippen molar-refractivity contribution in [2.75, 3.05) is 89.4 Å². The molecule has 0 atom stereocenters. The van der Waals surface area contributed by atoms with Crippen LogP contribution in [0.5, 0.6) is 0 Å². The molecule has 1 amide bonds. The van der Waals surface area contributed by atoms with Crippen molar-refractivity contribution >= 4 is 89.5 Å². The van der Waals surface area contributed by atoms with Crippen molar-refractivity contribution in [2.45, 2.75) is 13.3 Å². The lowest BCUT2D eigenvalue weighted by Crippen LogP contribution is -2.27. The number of alkyl carbamates (subject to hydrolysis) is 1. The van der Waals surface area contributed by atoms with Gasteiger partial charge in [0, 0.05) is 63.0 Å². The first-order valence-corrected chi connectivity index (χ1v) is 18.2. The number of thioether (sulfide) groups is 6. The topological polar surface area (TPSA) is 120 Å². The quantitative estimate of drug-likeness (QED) is 0.0321. The molecule has 0 aliphatic carbocycles. The Morgan fingerprint density at radius 2 is 1.42 bits per heavy atom. The number of hydrogen-bond donors (Lipinski definition) is 2. The highest BCUT2D eigenvalue weighted by molar-refractivity contribution is 8.23. The molecule has 0 spiro atoms. The molecule has 0 aliphatic rings. The largest absolute Gasteiger partial charge is 0.449 e. The summed E-state index contributed by atoms with van der Waals surface area (Å²) in [6.45, 7) is 5.28. The maximum atomic E-state index is 11.7. The molecular formula is C20H39N3O7S6. The highest BCUT2D eigenvalue weighted by Crippen LogP contribution is 2.18. The van der Waals surface area contributed by atoms with Crippen LogP contribution in [0.1, 0.15) is 13.3 Å². The first-order chi connectivity index (χ1) is 17.8. The van der Waals surface area contributed by atoms with Crippen LogP contribution in [0.25, 0.3) is 0 Å². The van der Waals surface area contributed by atoms with E-state index in [1.165, 1.54) is 12.8 Å². The Morgan fingerprint density at radius 1 is 0.806 bits per heavy atom. The second-order valence-electron chi connectivity index (χ2n) is 6.10. The van der Waals surface area contributed by atoms with Crippen molar-refractivity contribution in [3.63, 3.8) is 0 Å². The van der Waals surface area contributed by atoms with E-state index in [0.29, 0.717) is 45.9 Å². The molecule has 0 unspecified atom stereocenters. The molecule has 0 fully saturated rings. The molecule has 0 rings (SSSR count). The lowest BCUT2D eigenvalue weighted by Gasteiger charge is -2.07. The second-order valence-corrected chi connectivity index (χ2v) is 14.0. The zero-order chi connectivity index (χ0) is 26.2. The number of carbonyl (C=O) groups is 1. The summed E-state index contributed by atoms with van der Waals surface area (Å²) in [5, 5.41) is 15.3. The minimum Gasteiger partial charge on any atom is -0.449 e. The summed E-state index contributed by atoms with van der Waals surface area (Å²) >= 11 is 10.8. The predicted molar refractivity (Wildman–Crippen MR) is 162 cm³/mol. The fourth-order valence-corrected chi connectivity index (χ4v) is 8.10. The summed E-state index contributed by atoms with van der Waals surface area (Å²) in [5.74, 6) is 3.43. The van der Waals surface area contributed by atoms with Gasteiger partial charge in [0.05, 0.1) is 13.2 Å². The molecule has 36 heavy (non-hydrogen) atoms. The van der Waals surface area contributed by atoms with Crippen molar-refractivity contribution in [2.24, 2.45) is 9.98 Å². The van der Waals surface area contributed by atoms with Gasteiger partial charge < -0.3 is 24.9 Å². The summed E-state index contributed by atoms with van der Waals surface area (Å²) in [5.41, 5.74) is 0. The predicted octanol–water partition coefficient (Wildman–Crippen LogP) is 4.30. The number of aliphatic imine (C=N–C) groups is 2. The van der Waals surface area contributed by atoms with E-state index in [2.05, 4.69) is 15.3 Å². The third-order valence-corrected chi connectivity index (χ3v) is 10.5. The molecule has 0 heterocycles. The van der Waals surface area contributed by atoms with Gasteiger partial charge in [0.2, 0.25) is 12.8 Å². The number of nitrogens with one attached hydrogen (secondary N) is 1. The van der Waals surface area contributed by atoms with E-state index in [1.807, 2.05) is 42.2 Å². The molecular weight excluding hydrogens is 587 g/mol. The lowest BCUT2D eigenvalue weighted by molar-refractivity contribution is -0.218. The Bertz CT molecular complexity index is 528. The van der Waals surface area contributed by atoms with Gasteiger partial charge in [0.1, 0.15) is 13.2 Å². The summed E-state index contributed by atoms with van der Waals surface area (Å²) < 4.78 is 5.18. The molecule has 0 aromatic heterocycles. The smallest absolute Gasteiger partial charge is 0.407 e. The maximum Gasteiger partial charge on any atom is 0.407 e. The van der Waals surface area contributed by atoms with Crippen molar-refractivity contribution in [3.05, 3.63) is 0 Å². The summed E-state index contributed by atoms with van der Waals surface area (Å²) in [4.78, 5) is 38.8. The standard InChI is InChI=1S/C20H39N3O7S6/c1-2-21-14-29-28-9-13-34-19-36-18-33-12-8-26-20(25)23-5-11-32-17-35-16-31-10-4-22-15-30-27-7-3-6-24/h14-15,24H,2-13,16-19H2,1H3,(H,23,25). The fraction of sp³-hybridized carbons (Fsp3) is 0.850. The van der Waals surface area contributed by atoms with Crippen LogP contribution in [0.2, 0.25) is 0 Å². The first kappa shape index (κ1) is 36.2. The maximum absolute atomic E-state index is 11.7. The Labute approximate surface area is 240 Å². The second kappa shape index (κ2) is 33.2. The van der Waals surface area contributed by atoms with E-state index < -0.39 is 0 Å². The number of aliphatic hydroxyl groups is 1. The van der Waals surface area contributed by atoms with Crippen LogP contribution in [0.15, 0.2) is 9.98 Å². The van der Waals surface area contributed by atoms with Crippen molar-refractivity contribution < 1.29 is 34.2 Å². The van der Waals surface area contributed by atoms with Gasteiger partial charge in [-0.05, 0) is 13.3 Å². The molecule has 0 radical (unpaired) electrons. The highest BCUT2D eigenvalue weighted by Gasteiger charge is 2.01. The van der Waals surface area contributed by atoms with Crippen molar-refractivity contribution in [1.29, 1.82) is 0 Å². The van der Waals surface area contributed by atoms with E-state index in [1.54, 1.807) is 35.3 Å². The Hall–Kier alpha value is 0.190. The summed E-state index contributed by atoms with van der Waals surface area (Å²) in [6.07, 6.45) is 2.80. The van der Waals surface area contributed by atoms with Crippen LogP contribution >= 0.6 is 70.6 Å². The van der Waals surface area contributed by atoms with E-state index >= 15 is 0 Å². The molecule has 16 heteroatoms. The lowest BCUT2D eigenvalue weighted by atomic mass is 10.5. The Balaban J connectivity index is 3.19. The van der Waals surface area contributed by atoms with Gasteiger partial charge in [0.15, 0.2) is 0 Å². The molecule has 212 valence electrons. The molecule has 0 aliphatic heterocycles. The van der Waals surface area contributed by atoms with Crippen molar-refractivity contribution in [1.82, 2.24) is 5.32 Å². The highest BCUT2D eigenvalue weighted by atomic mass is 32.2. The van der Waals surface area contributed by atoms with Gasteiger partial charge in [0.25, 0.3) is 0 Å². The van der Waals surface area contributed by atoms with Crippen LogP contribution < -0.4 is 5.32 Å². The number of carbonyl (C=O) groups excluding carboxylic acids is 1. The van der Waals surface area contributed by atoms with Crippen LogP contribution in [-0.4, -0.2) is 113 Å². The van der Waals surface area contributed by atoms with E-state index in [0.717, 1.165) is 43.4 Å². The van der Waals surface area contributed by atoms with Crippen LogP contribution in [0.4, 0.5) is 4.79 Å². The van der Waals surface area contributed by atoms with Crippen LogP contribution in [-0.2, 0) is 24.3 Å². The zero-order valence-corrected chi connectivity index (χ0v) is 25.6. The fourth-order valence-electron chi connectivity index (χ4n) is 1.69. The number of rotatable bonds is 28. The first-order valence-electron chi connectivity index (χ1n) is 11.3. The Kier molecular flexibility index (Phi) is 33.4. The average Bonchev–Trinajstić information content (AvgIpc) is 2.88. The summed E-state index contributed by atoms with van der Waals surface area (Å²) in [6, 6.07) is 0. The van der Waals surface area contributed by atoms with Crippen molar-refractivity contribution in [3.8, 4) is 0 Å². The molecule has 0 bridgehead atoms.